The molecule has 27 heavy (non-hydrogen) atoms. The Hall–Kier alpha value is -3.15. The molecular formula is C21H22O6. The first kappa shape index (κ1) is 20.2. The Bertz CT molecular complexity index is 813. The lowest BCUT2D eigenvalue weighted by Crippen LogP contribution is -2.27. The summed E-state index contributed by atoms with van der Waals surface area (Å²) in [6.07, 6.45) is 0. The fraction of sp³-hybridized carbons (Fsp3) is 0.286. The first-order valence-corrected chi connectivity index (χ1v) is 8.37. The van der Waals surface area contributed by atoms with Crippen LogP contribution in [0.1, 0.15) is 47.1 Å². The molecule has 0 aliphatic carbocycles. The quantitative estimate of drug-likeness (QED) is 0.573. The smallest absolute Gasteiger partial charge is 0.344 e. The van der Waals surface area contributed by atoms with Crippen LogP contribution in [0.5, 0.6) is 5.75 Å². The maximum Gasteiger partial charge on any atom is 0.344 e. The van der Waals surface area contributed by atoms with Crippen LogP contribution in [0, 0.1) is 0 Å². The molecule has 0 saturated heterocycles. The molecule has 2 aromatic carbocycles. The van der Waals surface area contributed by atoms with Gasteiger partial charge in [0.1, 0.15) is 11.4 Å². The molecule has 0 aromatic heterocycles. The Balaban J connectivity index is 1.99. The predicted molar refractivity (Wildman–Crippen MR) is 99.0 cm³/mol. The number of ether oxygens (including phenoxy) is 3. The highest BCUT2D eigenvalue weighted by Gasteiger charge is 2.17. The SMILES string of the molecule is COC(=O)c1ccc(C(=O)c2ccc(OCC(=O)OC(C)(C)C)cc2)cc1. The van der Waals surface area contributed by atoms with Gasteiger partial charge in [0, 0.05) is 11.1 Å². The van der Waals surface area contributed by atoms with Crippen molar-refractivity contribution in [2.24, 2.45) is 0 Å². The Kier molecular flexibility index (Phi) is 6.34. The number of hydrogen-bond donors (Lipinski definition) is 0. The van der Waals surface area contributed by atoms with Gasteiger partial charge in [-0.25, -0.2) is 9.59 Å². The lowest BCUT2D eigenvalue weighted by Gasteiger charge is -2.19. The van der Waals surface area contributed by atoms with Crippen LogP contribution in [0.4, 0.5) is 0 Å². The molecule has 6 heteroatoms. The fourth-order valence-electron chi connectivity index (χ4n) is 2.26. The molecule has 6 nitrogen and oxygen atoms in total. The number of rotatable bonds is 6. The van der Waals surface area contributed by atoms with Crippen LogP contribution in [0.2, 0.25) is 0 Å². The van der Waals surface area contributed by atoms with Crippen molar-refractivity contribution in [2.75, 3.05) is 13.7 Å². The largest absolute Gasteiger partial charge is 0.482 e. The van der Waals surface area contributed by atoms with Crippen molar-refractivity contribution in [2.45, 2.75) is 26.4 Å². The zero-order chi connectivity index (χ0) is 20.0. The molecule has 0 heterocycles. The zero-order valence-corrected chi connectivity index (χ0v) is 15.8. The zero-order valence-electron chi connectivity index (χ0n) is 15.8. The van der Waals surface area contributed by atoms with Gasteiger partial charge < -0.3 is 14.2 Å². The number of carbonyl (C=O) groups is 3. The molecule has 0 radical (unpaired) electrons. The van der Waals surface area contributed by atoms with Gasteiger partial charge in [0.2, 0.25) is 0 Å². The van der Waals surface area contributed by atoms with Gasteiger partial charge in [0.15, 0.2) is 12.4 Å². The molecule has 0 N–H and O–H groups in total. The molecule has 2 rings (SSSR count). The van der Waals surface area contributed by atoms with Crippen LogP contribution in [0.25, 0.3) is 0 Å². The van der Waals surface area contributed by atoms with Crippen LogP contribution in [0.15, 0.2) is 48.5 Å². The van der Waals surface area contributed by atoms with E-state index in [-0.39, 0.29) is 12.4 Å². The third kappa shape index (κ3) is 5.95. The van der Waals surface area contributed by atoms with Crippen molar-refractivity contribution < 1.29 is 28.6 Å². The average Bonchev–Trinajstić information content (AvgIpc) is 2.64. The number of benzene rings is 2. The topological polar surface area (TPSA) is 78.9 Å². The summed E-state index contributed by atoms with van der Waals surface area (Å²) in [5.41, 5.74) is 0.718. The highest BCUT2D eigenvalue weighted by Crippen LogP contribution is 2.17. The van der Waals surface area contributed by atoms with Gasteiger partial charge in [0.25, 0.3) is 0 Å². The van der Waals surface area contributed by atoms with Crippen molar-refractivity contribution in [1.82, 2.24) is 0 Å². The monoisotopic (exact) mass is 370 g/mol. The van der Waals surface area contributed by atoms with E-state index in [1.54, 1.807) is 57.2 Å². The van der Waals surface area contributed by atoms with Gasteiger partial charge in [-0.15, -0.1) is 0 Å². The summed E-state index contributed by atoms with van der Waals surface area (Å²) in [5, 5.41) is 0. The Morgan fingerprint density at radius 3 is 1.78 bits per heavy atom. The molecule has 0 atom stereocenters. The minimum Gasteiger partial charge on any atom is -0.482 e. The van der Waals surface area contributed by atoms with Crippen molar-refractivity contribution in [3.63, 3.8) is 0 Å². The van der Waals surface area contributed by atoms with Crippen LogP contribution >= 0.6 is 0 Å². The van der Waals surface area contributed by atoms with Gasteiger partial charge in [-0.2, -0.15) is 0 Å². The second-order valence-electron chi connectivity index (χ2n) is 6.80. The summed E-state index contributed by atoms with van der Waals surface area (Å²) in [7, 11) is 1.30. The molecule has 0 amide bonds. The molecule has 2 aromatic rings. The maximum absolute atomic E-state index is 12.5. The number of methoxy groups -OCH3 is 1. The second-order valence-corrected chi connectivity index (χ2v) is 6.80. The first-order chi connectivity index (χ1) is 12.7. The van der Waals surface area contributed by atoms with E-state index in [4.69, 9.17) is 9.47 Å². The van der Waals surface area contributed by atoms with Gasteiger partial charge in [-0.3, -0.25) is 4.79 Å². The number of esters is 2. The summed E-state index contributed by atoms with van der Waals surface area (Å²) in [6.45, 7) is 5.13. The Morgan fingerprint density at radius 1 is 0.815 bits per heavy atom. The van der Waals surface area contributed by atoms with Gasteiger partial charge in [-0.05, 0) is 57.2 Å². The van der Waals surface area contributed by atoms with E-state index >= 15 is 0 Å². The molecule has 142 valence electrons. The number of hydrogen-bond acceptors (Lipinski definition) is 6. The van der Waals surface area contributed by atoms with Crippen molar-refractivity contribution in [1.29, 1.82) is 0 Å². The molecule has 0 aliphatic rings. The summed E-state index contributed by atoms with van der Waals surface area (Å²) >= 11 is 0. The summed E-state index contributed by atoms with van der Waals surface area (Å²) in [6, 6.07) is 12.7. The Labute approximate surface area is 158 Å². The first-order valence-electron chi connectivity index (χ1n) is 8.37. The van der Waals surface area contributed by atoms with E-state index in [0.717, 1.165) is 0 Å². The van der Waals surface area contributed by atoms with Crippen LogP contribution < -0.4 is 4.74 Å². The van der Waals surface area contributed by atoms with Crippen LogP contribution in [0.3, 0.4) is 0 Å². The minimum absolute atomic E-state index is 0.190. The fourth-order valence-corrected chi connectivity index (χ4v) is 2.26. The molecular weight excluding hydrogens is 348 g/mol. The lowest BCUT2D eigenvalue weighted by molar-refractivity contribution is -0.157. The third-order valence-corrected chi connectivity index (χ3v) is 3.46. The van der Waals surface area contributed by atoms with E-state index in [9.17, 15) is 14.4 Å². The highest BCUT2D eigenvalue weighted by molar-refractivity contribution is 6.09. The molecule has 0 fully saturated rings. The van der Waals surface area contributed by atoms with E-state index in [1.807, 2.05) is 0 Å². The summed E-state index contributed by atoms with van der Waals surface area (Å²) in [4.78, 5) is 35.6. The number of carbonyl (C=O) groups excluding carboxylic acids is 3. The average molecular weight is 370 g/mol. The van der Waals surface area contributed by atoms with Crippen molar-refractivity contribution in [3.05, 3.63) is 65.2 Å². The van der Waals surface area contributed by atoms with Crippen LogP contribution in [-0.2, 0) is 14.3 Å². The van der Waals surface area contributed by atoms with E-state index in [2.05, 4.69) is 4.74 Å². The molecule has 0 saturated carbocycles. The van der Waals surface area contributed by atoms with Crippen LogP contribution in [-0.4, -0.2) is 37.0 Å². The summed E-state index contributed by atoms with van der Waals surface area (Å²) in [5.74, 6) is -0.655. The van der Waals surface area contributed by atoms with E-state index in [0.29, 0.717) is 22.4 Å². The molecule has 0 spiro atoms. The normalized spacial score (nSPS) is 10.8. The number of ketones is 1. The lowest BCUT2D eigenvalue weighted by atomic mass is 10.0. The molecule has 0 aliphatic heterocycles. The van der Waals surface area contributed by atoms with Crippen molar-refractivity contribution >= 4 is 17.7 Å². The van der Waals surface area contributed by atoms with Gasteiger partial charge >= 0.3 is 11.9 Å². The Morgan fingerprint density at radius 2 is 1.30 bits per heavy atom. The van der Waals surface area contributed by atoms with E-state index in [1.165, 1.54) is 19.2 Å². The standard InChI is InChI=1S/C21H22O6/c1-21(2,3)27-18(22)13-26-17-11-9-15(10-12-17)19(23)14-5-7-16(8-6-14)20(24)25-4/h5-12H,13H2,1-4H3. The molecule has 0 unspecified atom stereocenters. The third-order valence-electron chi connectivity index (χ3n) is 3.46. The molecule has 0 bridgehead atoms. The van der Waals surface area contributed by atoms with E-state index < -0.39 is 17.5 Å². The maximum atomic E-state index is 12.5. The predicted octanol–water partition coefficient (Wildman–Crippen LogP) is 3.42. The van der Waals surface area contributed by atoms with Crippen molar-refractivity contribution in [3.8, 4) is 5.75 Å². The second kappa shape index (κ2) is 8.49. The van der Waals surface area contributed by atoms with Gasteiger partial charge in [-0.1, -0.05) is 12.1 Å². The minimum atomic E-state index is -0.569. The highest BCUT2D eigenvalue weighted by atomic mass is 16.6. The van der Waals surface area contributed by atoms with Gasteiger partial charge in [0.05, 0.1) is 12.7 Å². The summed E-state index contributed by atoms with van der Waals surface area (Å²) < 4.78 is 15.2.